The molecule has 0 aliphatic heterocycles. The fourth-order valence-electron chi connectivity index (χ4n) is 1.10. The van der Waals surface area contributed by atoms with Crippen molar-refractivity contribution < 1.29 is 21.6 Å². The molecule has 0 aliphatic rings. The predicted octanol–water partition coefficient (Wildman–Crippen LogP) is 1.83. The number of hydrogen-bond acceptors (Lipinski definition) is 4. The van der Waals surface area contributed by atoms with E-state index >= 15 is 0 Å². The molecule has 0 aromatic heterocycles. The van der Waals surface area contributed by atoms with Crippen LogP contribution in [0.4, 0.5) is 18.9 Å². The molecule has 0 amide bonds. The number of anilines is 1. The number of benzene rings is 1. The molecule has 0 bridgehead atoms. The Labute approximate surface area is 107 Å². The third kappa shape index (κ3) is 4.07. The summed E-state index contributed by atoms with van der Waals surface area (Å²) < 4.78 is 61.0. The number of thioether (sulfide) groups is 1. The van der Waals surface area contributed by atoms with E-state index in [2.05, 4.69) is 4.72 Å². The van der Waals surface area contributed by atoms with E-state index in [1.165, 1.54) is 19.2 Å². The molecule has 0 fully saturated rings. The zero-order valence-electron chi connectivity index (χ0n) is 9.28. The predicted molar refractivity (Wildman–Crippen MR) is 63.9 cm³/mol. The molecule has 0 saturated carbocycles. The van der Waals surface area contributed by atoms with Gasteiger partial charge in [-0.1, -0.05) is 0 Å². The third-order valence-electron chi connectivity index (χ3n) is 1.95. The van der Waals surface area contributed by atoms with Crippen LogP contribution in [0.5, 0.6) is 0 Å². The van der Waals surface area contributed by atoms with Gasteiger partial charge in [-0.15, -0.1) is 11.8 Å². The Kier molecular flexibility index (Phi) is 4.51. The zero-order valence-corrected chi connectivity index (χ0v) is 10.9. The SMILES string of the molecule is CNS(=O)(=O)c1ccc(SCC(F)(F)F)c(N)c1. The summed E-state index contributed by atoms with van der Waals surface area (Å²) >= 11 is 0.516. The lowest BCUT2D eigenvalue weighted by Crippen LogP contribution is -2.18. The lowest BCUT2D eigenvalue weighted by molar-refractivity contribution is -0.105. The van der Waals surface area contributed by atoms with Gasteiger partial charge in [0.2, 0.25) is 10.0 Å². The van der Waals surface area contributed by atoms with E-state index in [1.807, 2.05) is 0 Å². The second-order valence-corrected chi connectivity index (χ2v) is 6.21. The molecule has 102 valence electrons. The van der Waals surface area contributed by atoms with Crippen molar-refractivity contribution in [3.05, 3.63) is 18.2 Å². The van der Waals surface area contributed by atoms with Crippen LogP contribution < -0.4 is 10.5 Å². The molecule has 1 rings (SSSR count). The van der Waals surface area contributed by atoms with Crippen molar-refractivity contribution >= 4 is 27.5 Å². The standard InChI is InChI=1S/C9H11F3N2O2S2/c1-14-18(15,16)6-2-3-8(7(13)4-6)17-5-9(10,11)12/h2-4,14H,5,13H2,1H3. The van der Waals surface area contributed by atoms with E-state index in [0.717, 1.165) is 6.07 Å². The monoisotopic (exact) mass is 300 g/mol. The molecular formula is C9H11F3N2O2S2. The highest BCUT2D eigenvalue weighted by Gasteiger charge is 2.27. The molecule has 1 aromatic carbocycles. The highest BCUT2D eigenvalue weighted by atomic mass is 32.2. The molecule has 0 saturated heterocycles. The summed E-state index contributed by atoms with van der Waals surface area (Å²) in [6.07, 6.45) is -4.30. The molecule has 0 unspecified atom stereocenters. The molecule has 1 aromatic rings. The van der Waals surface area contributed by atoms with Gasteiger partial charge in [0.25, 0.3) is 0 Å². The van der Waals surface area contributed by atoms with Gasteiger partial charge in [-0.25, -0.2) is 13.1 Å². The summed E-state index contributed by atoms with van der Waals surface area (Å²) in [7, 11) is -2.41. The summed E-state index contributed by atoms with van der Waals surface area (Å²) in [5.74, 6) is -1.07. The molecule has 9 heteroatoms. The van der Waals surface area contributed by atoms with Crippen LogP contribution in [0.15, 0.2) is 28.0 Å². The number of nitrogens with two attached hydrogens (primary N) is 1. The highest BCUT2D eigenvalue weighted by Crippen LogP contribution is 2.32. The normalized spacial score (nSPS) is 12.7. The van der Waals surface area contributed by atoms with Gasteiger partial charge in [-0.2, -0.15) is 13.2 Å². The molecule has 3 N–H and O–H groups in total. The van der Waals surface area contributed by atoms with E-state index in [4.69, 9.17) is 5.73 Å². The quantitative estimate of drug-likeness (QED) is 0.657. The van der Waals surface area contributed by atoms with Crippen LogP contribution in [-0.2, 0) is 10.0 Å². The number of alkyl halides is 3. The number of hydrogen-bond donors (Lipinski definition) is 2. The van der Waals surface area contributed by atoms with Crippen LogP contribution in [0.2, 0.25) is 0 Å². The van der Waals surface area contributed by atoms with Crippen molar-refractivity contribution in [1.29, 1.82) is 0 Å². The topological polar surface area (TPSA) is 72.2 Å². The minimum Gasteiger partial charge on any atom is -0.398 e. The summed E-state index contributed by atoms with van der Waals surface area (Å²) in [4.78, 5) is 0.112. The summed E-state index contributed by atoms with van der Waals surface area (Å²) in [5, 5.41) is 0. The van der Waals surface area contributed by atoms with Crippen molar-refractivity contribution in [3.8, 4) is 0 Å². The Morgan fingerprint density at radius 1 is 1.39 bits per heavy atom. The van der Waals surface area contributed by atoms with Crippen molar-refractivity contribution in [2.24, 2.45) is 0 Å². The first-order valence-corrected chi connectivity index (χ1v) is 7.15. The van der Waals surface area contributed by atoms with Crippen molar-refractivity contribution in [2.75, 3.05) is 18.5 Å². The van der Waals surface area contributed by atoms with Gasteiger partial charge in [-0.3, -0.25) is 0 Å². The molecule has 0 radical (unpaired) electrons. The maximum Gasteiger partial charge on any atom is 0.398 e. The van der Waals surface area contributed by atoms with Gasteiger partial charge >= 0.3 is 6.18 Å². The van der Waals surface area contributed by atoms with Crippen LogP contribution >= 0.6 is 11.8 Å². The smallest absolute Gasteiger partial charge is 0.398 e. The van der Waals surface area contributed by atoms with Crippen molar-refractivity contribution in [2.45, 2.75) is 16.0 Å². The number of halogens is 3. The van der Waals surface area contributed by atoms with Crippen molar-refractivity contribution in [3.63, 3.8) is 0 Å². The lowest BCUT2D eigenvalue weighted by atomic mass is 10.3. The van der Waals surface area contributed by atoms with E-state index < -0.39 is 22.0 Å². The van der Waals surface area contributed by atoms with Gasteiger partial charge in [0.05, 0.1) is 10.6 Å². The molecule has 4 nitrogen and oxygen atoms in total. The van der Waals surface area contributed by atoms with E-state index in [1.54, 1.807) is 0 Å². The van der Waals surface area contributed by atoms with E-state index in [-0.39, 0.29) is 15.5 Å². The van der Waals surface area contributed by atoms with Crippen LogP contribution in [0.1, 0.15) is 0 Å². The molecule has 18 heavy (non-hydrogen) atoms. The number of nitrogen functional groups attached to an aromatic ring is 1. The second-order valence-electron chi connectivity index (χ2n) is 3.31. The van der Waals surface area contributed by atoms with Crippen molar-refractivity contribution in [1.82, 2.24) is 4.72 Å². The second kappa shape index (κ2) is 5.37. The molecular weight excluding hydrogens is 289 g/mol. The highest BCUT2D eigenvalue weighted by molar-refractivity contribution is 7.99. The maximum atomic E-state index is 12.0. The lowest BCUT2D eigenvalue weighted by Gasteiger charge is -2.09. The Balaban J connectivity index is 2.94. The minimum atomic E-state index is -4.30. The Morgan fingerprint density at radius 3 is 2.44 bits per heavy atom. The van der Waals surface area contributed by atoms with Gasteiger partial charge in [0, 0.05) is 10.6 Å². The van der Waals surface area contributed by atoms with Crippen LogP contribution in [0.3, 0.4) is 0 Å². The Bertz CT molecular complexity index is 529. The average molecular weight is 300 g/mol. The first-order chi connectivity index (χ1) is 8.15. The van der Waals surface area contributed by atoms with Crippen LogP contribution in [0, 0.1) is 0 Å². The Morgan fingerprint density at radius 2 is 2.00 bits per heavy atom. The first-order valence-electron chi connectivity index (χ1n) is 4.68. The largest absolute Gasteiger partial charge is 0.398 e. The van der Waals surface area contributed by atoms with Gasteiger partial charge < -0.3 is 5.73 Å². The number of sulfonamides is 1. The number of rotatable bonds is 4. The summed E-state index contributed by atoms with van der Waals surface area (Å²) in [6, 6.07) is 3.60. The minimum absolute atomic E-state index is 0.000532. The molecule has 0 spiro atoms. The molecule has 0 atom stereocenters. The number of nitrogens with one attached hydrogen (secondary N) is 1. The van der Waals surface area contributed by atoms with Gasteiger partial charge in [-0.05, 0) is 25.2 Å². The van der Waals surface area contributed by atoms with E-state index in [9.17, 15) is 21.6 Å². The maximum absolute atomic E-state index is 12.0. The fourth-order valence-corrected chi connectivity index (χ4v) is 2.58. The van der Waals surface area contributed by atoms with Crippen LogP contribution in [0.25, 0.3) is 0 Å². The Hall–Kier alpha value is -0.930. The van der Waals surface area contributed by atoms with Gasteiger partial charge in [0.1, 0.15) is 0 Å². The molecule has 0 heterocycles. The third-order valence-corrected chi connectivity index (χ3v) is 4.52. The fraction of sp³-hybridized carbons (Fsp3) is 0.333. The first kappa shape index (κ1) is 15.1. The average Bonchev–Trinajstić information content (AvgIpc) is 2.26. The molecule has 0 aliphatic carbocycles. The summed E-state index contributed by atoms with van der Waals surface area (Å²) in [5.41, 5.74) is 5.52. The zero-order chi connectivity index (χ0) is 14.0. The van der Waals surface area contributed by atoms with Gasteiger partial charge in [0.15, 0.2) is 0 Å². The van der Waals surface area contributed by atoms with Crippen LogP contribution in [-0.4, -0.2) is 27.4 Å². The van der Waals surface area contributed by atoms with E-state index in [0.29, 0.717) is 11.8 Å². The summed E-state index contributed by atoms with van der Waals surface area (Å²) in [6.45, 7) is 0.